The van der Waals surface area contributed by atoms with Gasteiger partial charge in [0.1, 0.15) is 5.56 Å². The van der Waals surface area contributed by atoms with Crippen LogP contribution in [0.15, 0.2) is 47.4 Å². The Morgan fingerprint density at radius 2 is 1.93 bits per heavy atom. The first-order valence-electron chi connectivity index (χ1n) is 8.70. The number of hydrogen-bond acceptors (Lipinski definition) is 5. The average molecular weight is 382 g/mol. The lowest BCUT2D eigenvalue weighted by atomic mass is 10.1. The van der Waals surface area contributed by atoms with Crippen LogP contribution in [0.1, 0.15) is 45.0 Å². The zero-order valence-electron chi connectivity index (χ0n) is 15.8. The monoisotopic (exact) mass is 382 g/mol. The minimum atomic E-state index is -0.292. The normalized spacial score (nSPS) is 12.0. The van der Waals surface area contributed by atoms with Gasteiger partial charge >= 0.3 is 0 Å². The highest BCUT2D eigenvalue weighted by molar-refractivity contribution is 7.05. The summed E-state index contributed by atoms with van der Waals surface area (Å²) < 4.78 is 5.51. The first-order chi connectivity index (χ1) is 12.9. The second-order valence-electron chi connectivity index (χ2n) is 6.62. The van der Waals surface area contributed by atoms with E-state index in [0.29, 0.717) is 12.1 Å². The Kier molecular flexibility index (Phi) is 5.51. The number of amides is 1. The van der Waals surface area contributed by atoms with Crippen LogP contribution in [0, 0.1) is 13.8 Å². The molecule has 140 valence electrons. The summed E-state index contributed by atoms with van der Waals surface area (Å²) in [6, 6.07) is 11.4. The van der Waals surface area contributed by atoms with Crippen LogP contribution in [0.2, 0.25) is 0 Å². The van der Waals surface area contributed by atoms with Gasteiger partial charge in [-0.2, -0.15) is 0 Å². The summed E-state index contributed by atoms with van der Waals surface area (Å²) in [7, 11) is 1.69. The van der Waals surface area contributed by atoms with Gasteiger partial charge in [0.25, 0.3) is 11.5 Å². The maximum atomic E-state index is 13.1. The Bertz CT molecular complexity index is 1010. The molecule has 27 heavy (non-hydrogen) atoms. The quantitative estimate of drug-likeness (QED) is 0.680. The highest BCUT2D eigenvalue weighted by Crippen LogP contribution is 2.18. The summed E-state index contributed by atoms with van der Waals surface area (Å²) in [5.41, 5.74) is 2.42. The fourth-order valence-corrected chi connectivity index (χ4v) is 3.66. The number of carbonyl (C=O) groups excluding carboxylic acids is 1. The molecule has 0 N–H and O–H groups in total. The lowest BCUT2D eigenvalue weighted by Gasteiger charge is -2.20. The first kappa shape index (κ1) is 19.0. The summed E-state index contributed by atoms with van der Waals surface area (Å²) in [6.07, 6.45) is 1.75. The topological polar surface area (TPSA) is 68.1 Å². The molecule has 0 fully saturated rings. The molecule has 2 heterocycles. The summed E-state index contributed by atoms with van der Waals surface area (Å²) in [5.74, 6) is -0.292. The molecule has 0 spiro atoms. The Hall–Kier alpha value is -2.80. The van der Waals surface area contributed by atoms with Gasteiger partial charge in [0.2, 0.25) is 0 Å². The van der Waals surface area contributed by atoms with Crippen molar-refractivity contribution in [3.63, 3.8) is 0 Å². The summed E-state index contributed by atoms with van der Waals surface area (Å²) in [6.45, 7) is 5.99. The number of aromatic nitrogens is 3. The standard InChI is InChI=1S/C20H22N4O2S/c1-13-10-11-24(15(3)16-8-6-5-7-9-16)20(26)18(13)19(25)23(4)12-17-14(2)21-22-27-17/h5-11,15H,12H2,1-4H3. The van der Waals surface area contributed by atoms with Crippen molar-refractivity contribution in [3.8, 4) is 0 Å². The second-order valence-corrected chi connectivity index (χ2v) is 7.45. The van der Waals surface area contributed by atoms with Gasteiger partial charge in [-0.25, -0.2) is 0 Å². The Balaban J connectivity index is 1.94. The third-order valence-electron chi connectivity index (χ3n) is 4.71. The van der Waals surface area contributed by atoms with Gasteiger partial charge in [0.05, 0.1) is 23.2 Å². The third kappa shape index (κ3) is 3.83. The van der Waals surface area contributed by atoms with Crippen LogP contribution < -0.4 is 5.56 Å². The number of hydrogen-bond donors (Lipinski definition) is 0. The molecule has 1 aromatic carbocycles. The molecular weight excluding hydrogens is 360 g/mol. The van der Waals surface area contributed by atoms with Crippen molar-refractivity contribution >= 4 is 17.4 Å². The molecular formula is C20H22N4O2S. The van der Waals surface area contributed by atoms with E-state index < -0.39 is 0 Å². The molecule has 1 unspecified atom stereocenters. The highest BCUT2D eigenvalue weighted by Gasteiger charge is 2.22. The van der Waals surface area contributed by atoms with Gasteiger partial charge in [-0.3, -0.25) is 9.59 Å². The molecule has 0 saturated heterocycles. The van der Waals surface area contributed by atoms with E-state index in [2.05, 4.69) is 9.59 Å². The fraction of sp³-hybridized carbons (Fsp3) is 0.300. The van der Waals surface area contributed by atoms with Crippen LogP contribution in [-0.2, 0) is 6.54 Å². The van der Waals surface area contributed by atoms with Gasteiger partial charge in [0.15, 0.2) is 0 Å². The van der Waals surface area contributed by atoms with Gasteiger partial charge in [-0.05, 0) is 49.5 Å². The number of nitrogens with zero attached hydrogens (tertiary/aromatic N) is 4. The van der Waals surface area contributed by atoms with Crippen LogP contribution in [0.25, 0.3) is 0 Å². The van der Waals surface area contributed by atoms with Crippen molar-refractivity contribution in [1.82, 2.24) is 19.1 Å². The van der Waals surface area contributed by atoms with E-state index in [1.165, 1.54) is 11.5 Å². The van der Waals surface area contributed by atoms with Crippen LogP contribution in [-0.4, -0.2) is 32.0 Å². The lowest BCUT2D eigenvalue weighted by molar-refractivity contribution is 0.0783. The smallest absolute Gasteiger partial charge is 0.264 e. The Morgan fingerprint density at radius 3 is 2.56 bits per heavy atom. The van der Waals surface area contributed by atoms with Crippen molar-refractivity contribution in [2.24, 2.45) is 0 Å². The summed E-state index contributed by atoms with van der Waals surface area (Å²) >= 11 is 1.27. The van der Waals surface area contributed by atoms with Crippen molar-refractivity contribution in [2.45, 2.75) is 33.4 Å². The third-order valence-corrected chi connectivity index (χ3v) is 5.52. The minimum Gasteiger partial charge on any atom is -0.336 e. The molecule has 2 aromatic heterocycles. The number of carbonyl (C=O) groups is 1. The van der Waals surface area contributed by atoms with Crippen LogP contribution in [0.3, 0.4) is 0 Å². The molecule has 0 bridgehead atoms. The molecule has 7 heteroatoms. The van der Waals surface area contributed by atoms with Crippen molar-refractivity contribution in [2.75, 3.05) is 7.05 Å². The predicted octanol–water partition coefficient (Wildman–Crippen LogP) is 3.20. The SMILES string of the molecule is Cc1ccn(C(C)c2ccccc2)c(=O)c1C(=O)N(C)Cc1snnc1C. The molecule has 1 atom stereocenters. The number of rotatable bonds is 5. The van der Waals surface area contributed by atoms with Crippen molar-refractivity contribution < 1.29 is 4.79 Å². The number of aryl methyl sites for hydroxylation is 2. The summed E-state index contributed by atoms with van der Waals surface area (Å²) in [4.78, 5) is 28.6. The minimum absolute atomic E-state index is 0.163. The molecule has 6 nitrogen and oxygen atoms in total. The molecule has 0 aliphatic carbocycles. The zero-order chi connectivity index (χ0) is 19.6. The maximum Gasteiger partial charge on any atom is 0.264 e. The van der Waals surface area contributed by atoms with Gasteiger partial charge < -0.3 is 9.47 Å². The van der Waals surface area contributed by atoms with E-state index >= 15 is 0 Å². The van der Waals surface area contributed by atoms with E-state index in [9.17, 15) is 9.59 Å². The Morgan fingerprint density at radius 1 is 1.22 bits per heavy atom. The molecule has 0 aliphatic rings. The Labute approximate surface area is 162 Å². The van der Waals surface area contributed by atoms with Crippen molar-refractivity contribution in [1.29, 1.82) is 0 Å². The number of pyridine rings is 1. The zero-order valence-corrected chi connectivity index (χ0v) is 16.7. The molecule has 1 amide bonds. The van der Waals surface area contributed by atoms with E-state index in [1.807, 2.05) is 50.2 Å². The molecule has 3 rings (SSSR count). The maximum absolute atomic E-state index is 13.1. The van der Waals surface area contributed by atoms with Crippen LogP contribution in [0.4, 0.5) is 0 Å². The van der Waals surface area contributed by atoms with Crippen molar-refractivity contribution in [3.05, 3.63) is 80.2 Å². The molecule has 0 radical (unpaired) electrons. The van der Waals surface area contributed by atoms with E-state index in [-0.39, 0.29) is 23.1 Å². The average Bonchev–Trinajstić information content (AvgIpc) is 3.06. The number of benzene rings is 1. The van der Waals surface area contributed by atoms with Gasteiger partial charge in [-0.15, -0.1) is 5.10 Å². The van der Waals surface area contributed by atoms with Gasteiger partial charge in [-0.1, -0.05) is 34.8 Å². The largest absolute Gasteiger partial charge is 0.336 e. The molecule has 0 saturated carbocycles. The van der Waals surface area contributed by atoms with E-state index in [4.69, 9.17) is 0 Å². The molecule has 0 aliphatic heterocycles. The second kappa shape index (κ2) is 7.84. The van der Waals surface area contributed by atoms with Crippen LogP contribution in [0.5, 0.6) is 0 Å². The highest BCUT2D eigenvalue weighted by atomic mass is 32.1. The van der Waals surface area contributed by atoms with E-state index in [0.717, 1.165) is 16.1 Å². The van der Waals surface area contributed by atoms with Crippen LogP contribution >= 0.6 is 11.5 Å². The lowest BCUT2D eigenvalue weighted by Crippen LogP contribution is -2.36. The fourth-order valence-electron chi connectivity index (χ4n) is 2.97. The first-order valence-corrected chi connectivity index (χ1v) is 9.47. The van der Waals surface area contributed by atoms with Gasteiger partial charge in [0, 0.05) is 13.2 Å². The molecule has 3 aromatic rings. The van der Waals surface area contributed by atoms with E-state index in [1.54, 1.807) is 29.6 Å². The summed E-state index contributed by atoms with van der Waals surface area (Å²) in [5, 5.41) is 3.97. The predicted molar refractivity (Wildman–Crippen MR) is 106 cm³/mol.